The van der Waals surface area contributed by atoms with E-state index in [1.807, 2.05) is 6.92 Å². The summed E-state index contributed by atoms with van der Waals surface area (Å²) >= 11 is 3.33. The van der Waals surface area contributed by atoms with Gasteiger partial charge in [0.2, 0.25) is 0 Å². The van der Waals surface area contributed by atoms with Gasteiger partial charge in [0.1, 0.15) is 0 Å². The third-order valence-corrected chi connectivity index (χ3v) is 3.52. The highest BCUT2D eigenvalue weighted by atomic mass is 79.9. The molecule has 18 heavy (non-hydrogen) atoms. The molecule has 0 spiro atoms. The smallest absolute Gasteiger partial charge is 0.251 e. The summed E-state index contributed by atoms with van der Waals surface area (Å²) in [5.74, 6) is -0.119. The van der Waals surface area contributed by atoms with E-state index in [0.29, 0.717) is 11.3 Å². The average Bonchev–Trinajstić information content (AvgIpc) is 2.80. The van der Waals surface area contributed by atoms with Gasteiger partial charge in [-0.15, -0.1) is 0 Å². The zero-order chi connectivity index (χ0) is 13.1. The first-order chi connectivity index (χ1) is 8.56. The summed E-state index contributed by atoms with van der Waals surface area (Å²) in [7, 11) is 0. The molecule has 1 aromatic carbocycles. The van der Waals surface area contributed by atoms with Crippen molar-refractivity contribution in [3.8, 4) is 0 Å². The topological polar surface area (TPSA) is 64.4 Å². The number of carbonyl (C=O) groups excluding carboxylic acids is 1. The van der Waals surface area contributed by atoms with Crippen LogP contribution in [0.3, 0.4) is 0 Å². The van der Waals surface area contributed by atoms with Crippen molar-refractivity contribution in [2.45, 2.75) is 31.9 Å². The number of hydrogen-bond donors (Lipinski definition) is 2. The molecule has 1 aliphatic heterocycles. The van der Waals surface area contributed by atoms with Crippen LogP contribution in [0.4, 0.5) is 5.69 Å². The zero-order valence-corrected chi connectivity index (χ0v) is 11.9. The molecule has 4 nitrogen and oxygen atoms in total. The van der Waals surface area contributed by atoms with Crippen molar-refractivity contribution in [1.82, 2.24) is 5.32 Å². The molecule has 3 N–H and O–H groups in total. The number of anilines is 1. The van der Waals surface area contributed by atoms with Gasteiger partial charge in [-0.25, -0.2) is 0 Å². The van der Waals surface area contributed by atoms with Gasteiger partial charge in [0, 0.05) is 22.3 Å². The van der Waals surface area contributed by atoms with E-state index < -0.39 is 0 Å². The van der Waals surface area contributed by atoms with E-state index in [2.05, 4.69) is 21.2 Å². The molecular formula is C13H17BrN2O2. The van der Waals surface area contributed by atoms with Crippen molar-refractivity contribution < 1.29 is 9.53 Å². The van der Waals surface area contributed by atoms with Crippen LogP contribution in [0.1, 0.15) is 30.1 Å². The SMILES string of the molecule is CC(NC(=O)c1cc(N)cc(Br)c1)C1CCCO1. The number of halogens is 1. The first kappa shape index (κ1) is 13.4. The van der Waals surface area contributed by atoms with Gasteiger partial charge < -0.3 is 15.8 Å². The molecule has 1 saturated heterocycles. The van der Waals surface area contributed by atoms with E-state index in [-0.39, 0.29) is 18.1 Å². The fourth-order valence-corrected chi connectivity index (χ4v) is 2.63. The Labute approximate surface area is 115 Å². The lowest BCUT2D eigenvalue weighted by Gasteiger charge is -2.20. The van der Waals surface area contributed by atoms with Gasteiger partial charge in [-0.1, -0.05) is 15.9 Å². The molecular weight excluding hydrogens is 296 g/mol. The van der Waals surface area contributed by atoms with E-state index in [4.69, 9.17) is 10.5 Å². The number of nitrogens with one attached hydrogen (secondary N) is 1. The molecule has 0 aliphatic carbocycles. The van der Waals surface area contributed by atoms with Gasteiger partial charge in [0.25, 0.3) is 5.91 Å². The minimum atomic E-state index is -0.119. The maximum Gasteiger partial charge on any atom is 0.251 e. The van der Waals surface area contributed by atoms with Crippen LogP contribution >= 0.6 is 15.9 Å². The van der Waals surface area contributed by atoms with E-state index in [9.17, 15) is 4.79 Å². The molecule has 2 atom stereocenters. The first-order valence-corrected chi connectivity index (χ1v) is 6.84. The minimum Gasteiger partial charge on any atom is -0.399 e. The number of amides is 1. The fraction of sp³-hybridized carbons (Fsp3) is 0.462. The standard InChI is InChI=1S/C13H17BrN2O2/c1-8(12-3-2-4-18-12)16-13(17)9-5-10(14)7-11(15)6-9/h5-8,12H,2-4,15H2,1H3,(H,16,17). The van der Waals surface area contributed by atoms with E-state index in [0.717, 1.165) is 23.9 Å². The van der Waals surface area contributed by atoms with Crippen molar-refractivity contribution in [3.63, 3.8) is 0 Å². The Morgan fingerprint density at radius 1 is 1.56 bits per heavy atom. The Morgan fingerprint density at radius 2 is 2.33 bits per heavy atom. The summed E-state index contributed by atoms with van der Waals surface area (Å²) in [6.07, 6.45) is 2.19. The second kappa shape index (κ2) is 5.71. The highest BCUT2D eigenvalue weighted by molar-refractivity contribution is 9.10. The lowest BCUT2D eigenvalue weighted by Crippen LogP contribution is -2.40. The predicted molar refractivity (Wildman–Crippen MR) is 74.5 cm³/mol. The van der Waals surface area contributed by atoms with Gasteiger partial charge in [0.05, 0.1) is 12.1 Å². The van der Waals surface area contributed by atoms with Crippen LogP contribution in [0.5, 0.6) is 0 Å². The number of nitrogens with two attached hydrogens (primary N) is 1. The third-order valence-electron chi connectivity index (χ3n) is 3.06. The summed E-state index contributed by atoms with van der Waals surface area (Å²) in [6.45, 7) is 2.75. The zero-order valence-electron chi connectivity index (χ0n) is 10.3. The van der Waals surface area contributed by atoms with Gasteiger partial charge >= 0.3 is 0 Å². The fourth-order valence-electron chi connectivity index (χ4n) is 2.12. The molecule has 0 radical (unpaired) electrons. The van der Waals surface area contributed by atoms with Gasteiger partial charge in [-0.3, -0.25) is 4.79 Å². The monoisotopic (exact) mass is 312 g/mol. The Kier molecular flexibility index (Phi) is 4.24. The molecule has 1 fully saturated rings. The van der Waals surface area contributed by atoms with Crippen LogP contribution in [-0.4, -0.2) is 24.7 Å². The second-order valence-electron chi connectivity index (χ2n) is 4.59. The Balaban J connectivity index is 2.02. The minimum absolute atomic E-state index is 0.0141. The summed E-state index contributed by atoms with van der Waals surface area (Å²) in [6, 6.07) is 5.21. The summed E-state index contributed by atoms with van der Waals surface area (Å²) in [5.41, 5.74) is 6.85. The van der Waals surface area contributed by atoms with Crippen LogP contribution in [-0.2, 0) is 4.74 Å². The van der Waals surface area contributed by atoms with Crippen molar-refractivity contribution in [2.24, 2.45) is 0 Å². The lowest BCUT2D eigenvalue weighted by atomic mass is 10.1. The highest BCUT2D eigenvalue weighted by Gasteiger charge is 2.24. The lowest BCUT2D eigenvalue weighted by molar-refractivity contribution is 0.0712. The highest BCUT2D eigenvalue weighted by Crippen LogP contribution is 2.19. The van der Waals surface area contributed by atoms with Crippen LogP contribution < -0.4 is 11.1 Å². The van der Waals surface area contributed by atoms with Gasteiger partial charge in [-0.2, -0.15) is 0 Å². The number of ether oxygens (including phenoxy) is 1. The predicted octanol–water partition coefficient (Wildman–Crippen LogP) is 2.33. The van der Waals surface area contributed by atoms with Crippen molar-refractivity contribution in [1.29, 1.82) is 0 Å². The number of carbonyl (C=O) groups is 1. The van der Waals surface area contributed by atoms with Crippen LogP contribution in [0, 0.1) is 0 Å². The Hall–Kier alpha value is -1.07. The molecule has 98 valence electrons. The number of hydrogen-bond acceptors (Lipinski definition) is 3. The van der Waals surface area contributed by atoms with Gasteiger partial charge in [0.15, 0.2) is 0 Å². The van der Waals surface area contributed by atoms with E-state index in [1.54, 1.807) is 18.2 Å². The number of benzene rings is 1. The van der Waals surface area contributed by atoms with Crippen molar-refractivity contribution in [3.05, 3.63) is 28.2 Å². The Morgan fingerprint density at radius 3 is 2.94 bits per heavy atom. The van der Waals surface area contributed by atoms with Crippen LogP contribution in [0.2, 0.25) is 0 Å². The number of rotatable bonds is 3. The van der Waals surface area contributed by atoms with Crippen molar-refractivity contribution >= 4 is 27.5 Å². The molecule has 0 saturated carbocycles. The summed E-state index contributed by atoms with van der Waals surface area (Å²) < 4.78 is 6.35. The first-order valence-electron chi connectivity index (χ1n) is 6.05. The number of nitrogen functional groups attached to an aromatic ring is 1. The van der Waals surface area contributed by atoms with Crippen LogP contribution in [0.25, 0.3) is 0 Å². The Bertz CT molecular complexity index is 424. The molecule has 1 heterocycles. The largest absolute Gasteiger partial charge is 0.399 e. The van der Waals surface area contributed by atoms with Crippen LogP contribution in [0.15, 0.2) is 22.7 Å². The second-order valence-corrected chi connectivity index (χ2v) is 5.50. The molecule has 1 aliphatic rings. The summed E-state index contributed by atoms with van der Waals surface area (Å²) in [4.78, 5) is 12.1. The molecule has 5 heteroatoms. The van der Waals surface area contributed by atoms with E-state index >= 15 is 0 Å². The quantitative estimate of drug-likeness (QED) is 0.842. The van der Waals surface area contributed by atoms with Gasteiger partial charge in [-0.05, 0) is 38.0 Å². The molecule has 1 aromatic rings. The maximum absolute atomic E-state index is 12.1. The molecule has 2 rings (SSSR count). The maximum atomic E-state index is 12.1. The summed E-state index contributed by atoms with van der Waals surface area (Å²) in [5, 5.41) is 2.95. The molecule has 0 aromatic heterocycles. The molecule has 2 unspecified atom stereocenters. The average molecular weight is 313 g/mol. The normalized spacial score (nSPS) is 20.7. The molecule has 1 amide bonds. The van der Waals surface area contributed by atoms with E-state index in [1.165, 1.54) is 0 Å². The molecule has 0 bridgehead atoms. The third kappa shape index (κ3) is 3.23. The van der Waals surface area contributed by atoms with Crippen molar-refractivity contribution in [2.75, 3.05) is 12.3 Å².